The van der Waals surface area contributed by atoms with Gasteiger partial charge in [-0.05, 0) is 101 Å². The van der Waals surface area contributed by atoms with Gasteiger partial charge in [0.15, 0.2) is 0 Å². The molecule has 20 heavy (non-hydrogen) atoms. The third-order valence-electron chi connectivity index (χ3n) is 11.2. The maximum atomic E-state index is 2.58. The minimum absolute atomic E-state index is 1.10. The Morgan fingerprint density at radius 3 is 1.50 bits per heavy atom. The average molecular weight is 266 g/mol. The van der Waals surface area contributed by atoms with Crippen molar-refractivity contribution in [1.82, 2.24) is 0 Å². The highest BCUT2D eigenvalue weighted by Gasteiger charge is 2.90. The molecule has 0 nitrogen and oxygen atoms in total. The molecule has 106 valence electrons. The van der Waals surface area contributed by atoms with Crippen LogP contribution in [0.1, 0.15) is 26.7 Å². The molecule has 0 radical (unpaired) electrons. The lowest BCUT2D eigenvalue weighted by molar-refractivity contribution is -0.431. The molecule has 8 aliphatic rings. The molecule has 8 fully saturated rings. The minimum atomic E-state index is 1.10. The predicted molar refractivity (Wildman–Crippen MR) is 76.4 cm³/mol. The van der Waals surface area contributed by atoms with Gasteiger partial charge in [-0.2, -0.15) is 0 Å². The summed E-state index contributed by atoms with van der Waals surface area (Å²) in [7, 11) is 0. The zero-order chi connectivity index (χ0) is 12.7. The Morgan fingerprint density at radius 2 is 0.900 bits per heavy atom. The predicted octanol–water partition coefficient (Wildman–Crippen LogP) is 3.77. The Bertz CT molecular complexity index is 560. The van der Waals surface area contributed by atoms with Crippen molar-refractivity contribution in [3.05, 3.63) is 0 Å². The molecular formula is C20H26. The summed E-state index contributed by atoms with van der Waals surface area (Å²) in [6.45, 7) is 5.15. The highest BCUT2D eigenvalue weighted by atomic mass is 14.9. The van der Waals surface area contributed by atoms with Crippen LogP contribution in [0.5, 0.6) is 0 Å². The lowest BCUT2D eigenvalue weighted by Gasteiger charge is -2.90. The first kappa shape index (κ1) is 9.90. The largest absolute Gasteiger partial charge is 0.0622 e. The van der Waals surface area contributed by atoms with Crippen LogP contribution in [0.3, 0.4) is 0 Å². The fourth-order valence-electron chi connectivity index (χ4n) is 11.0. The van der Waals surface area contributed by atoms with E-state index < -0.39 is 0 Å². The Balaban J connectivity index is 1.14. The van der Waals surface area contributed by atoms with E-state index in [1.165, 1.54) is 82.9 Å². The van der Waals surface area contributed by atoms with E-state index in [1.807, 2.05) is 0 Å². The van der Waals surface area contributed by atoms with Crippen LogP contribution in [0.25, 0.3) is 0 Å². The number of fused-ring (bicyclic) bond motifs is 19. The molecule has 0 aromatic carbocycles. The van der Waals surface area contributed by atoms with E-state index in [-0.39, 0.29) is 0 Å². The molecule has 0 spiro atoms. The molecule has 0 aliphatic heterocycles. The topological polar surface area (TPSA) is 0 Å². The molecule has 0 bridgehead atoms. The molecule has 0 aromatic rings. The number of hydrogen-bond donors (Lipinski definition) is 0. The van der Waals surface area contributed by atoms with Gasteiger partial charge in [-0.3, -0.25) is 0 Å². The van der Waals surface area contributed by atoms with Crippen LogP contribution < -0.4 is 0 Å². The van der Waals surface area contributed by atoms with Crippen LogP contribution in [0.4, 0.5) is 0 Å². The molecule has 0 amide bonds. The van der Waals surface area contributed by atoms with E-state index in [0.717, 1.165) is 11.8 Å². The van der Waals surface area contributed by atoms with Crippen molar-refractivity contribution >= 4 is 0 Å². The molecule has 8 saturated carbocycles. The van der Waals surface area contributed by atoms with Crippen LogP contribution in [-0.2, 0) is 0 Å². The maximum Gasteiger partial charge on any atom is -0.0312 e. The van der Waals surface area contributed by atoms with E-state index in [1.54, 1.807) is 12.8 Å². The quantitative estimate of drug-likeness (QED) is 0.585. The normalized spacial score (nSPS) is 89.1. The molecule has 0 aromatic heterocycles. The third kappa shape index (κ3) is 0.628. The standard InChI is InChI=1S/C20H26/c1-5-3-4-7-8(5)12-11(7)15-16(12)20-18-14-10-6(2)9(10)13(14)17(18)19(15)20/h5-20H,3-4H2,1-2H3. The van der Waals surface area contributed by atoms with Gasteiger partial charge in [-0.25, -0.2) is 0 Å². The fourth-order valence-corrected chi connectivity index (χ4v) is 11.0. The van der Waals surface area contributed by atoms with Crippen LogP contribution in [0.15, 0.2) is 0 Å². The van der Waals surface area contributed by atoms with E-state index in [4.69, 9.17) is 0 Å². The second-order valence-electron chi connectivity index (χ2n) is 10.6. The van der Waals surface area contributed by atoms with E-state index in [0.29, 0.717) is 0 Å². The second kappa shape index (κ2) is 2.46. The van der Waals surface area contributed by atoms with Gasteiger partial charge in [0.25, 0.3) is 0 Å². The minimum Gasteiger partial charge on any atom is -0.0622 e. The van der Waals surface area contributed by atoms with Crippen molar-refractivity contribution < 1.29 is 0 Å². The first-order chi connectivity index (χ1) is 9.80. The van der Waals surface area contributed by atoms with Gasteiger partial charge >= 0.3 is 0 Å². The number of rotatable bonds is 0. The first-order valence-electron chi connectivity index (χ1n) is 9.80. The highest BCUT2D eigenvalue weighted by Crippen LogP contribution is 2.94. The third-order valence-corrected chi connectivity index (χ3v) is 11.2. The maximum absolute atomic E-state index is 2.58. The lowest BCUT2D eigenvalue weighted by Crippen LogP contribution is -2.86. The zero-order valence-corrected chi connectivity index (χ0v) is 12.7. The van der Waals surface area contributed by atoms with E-state index in [9.17, 15) is 0 Å². The highest BCUT2D eigenvalue weighted by molar-refractivity contribution is 5.37. The summed E-state index contributed by atoms with van der Waals surface area (Å²) < 4.78 is 0. The average Bonchev–Trinajstić information content (AvgIpc) is 2.79. The summed E-state index contributed by atoms with van der Waals surface area (Å²) in [6, 6.07) is 0. The van der Waals surface area contributed by atoms with Crippen LogP contribution in [0.2, 0.25) is 0 Å². The van der Waals surface area contributed by atoms with Gasteiger partial charge in [0.1, 0.15) is 0 Å². The van der Waals surface area contributed by atoms with Crippen LogP contribution in [0, 0.1) is 94.7 Å². The van der Waals surface area contributed by atoms with Crippen molar-refractivity contribution in [2.24, 2.45) is 94.7 Å². The number of hydrogen-bond acceptors (Lipinski definition) is 0. The van der Waals surface area contributed by atoms with E-state index >= 15 is 0 Å². The van der Waals surface area contributed by atoms with Gasteiger partial charge in [0, 0.05) is 0 Å². The smallest absolute Gasteiger partial charge is 0.0312 e. The molecule has 0 N–H and O–H groups in total. The SMILES string of the molecule is CC1CCC2C1C1C2C2C1C1C3C4C5C(C)C5C4C3C21. The van der Waals surface area contributed by atoms with Gasteiger partial charge in [0.05, 0.1) is 0 Å². The second-order valence-corrected chi connectivity index (χ2v) is 10.6. The van der Waals surface area contributed by atoms with Crippen molar-refractivity contribution in [1.29, 1.82) is 0 Å². The molecule has 0 heteroatoms. The summed E-state index contributed by atoms with van der Waals surface area (Å²) in [5.41, 5.74) is 0. The summed E-state index contributed by atoms with van der Waals surface area (Å²) in [5, 5.41) is 0. The van der Waals surface area contributed by atoms with Crippen LogP contribution >= 0.6 is 0 Å². The fraction of sp³-hybridized carbons (Fsp3) is 1.00. The van der Waals surface area contributed by atoms with Gasteiger partial charge < -0.3 is 0 Å². The van der Waals surface area contributed by atoms with Crippen molar-refractivity contribution in [3.8, 4) is 0 Å². The summed E-state index contributed by atoms with van der Waals surface area (Å²) in [6.07, 6.45) is 3.20. The Morgan fingerprint density at radius 1 is 0.450 bits per heavy atom. The van der Waals surface area contributed by atoms with Crippen molar-refractivity contribution in [2.75, 3.05) is 0 Å². The molecule has 16 unspecified atom stereocenters. The molecule has 0 saturated heterocycles. The van der Waals surface area contributed by atoms with Crippen molar-refractivity contribution in [2.45, 2.75) is 26.7 Å². The molecule has 8 aliphatic carbocycles. The van der Waals surface area contributed by atoms with Crippen LogP contribution in [-0.4, -0.2) is 0 Å². The molecule has 8 rings (SSSR count). The Kier molecular flexibility index (Phi) is 1.22. The lowest BCUT2D eigenvalue weighted by atomic mass is 9.15. The Labute approximate surface area is 122 Å². The molecule has 0 heterocycles. The summed E-state index contributed by atoms with van der Waals surface area (Å²) in [4.78, 5) is 0. The molecular weight excluding hydrogens is 240 g/mol. The van der Waals surface area contributed by atoms with Crippen molar-refractivity contribution in [3.63, 3.8) is 0 Å². The monoisotopic (exact) mass is 266 g/mol. The van der Waals surface area contributed by atoms with E-state index in [2.05, 4.69) is 13.8 Å². The van der Waals surface area contributed by atoms with Gasteiger partial charge in [-0.15, -0.1) is 0 Å². The van der Waals surface area contributed by atoms with Gasteiger partial charge in [0.2, 0.25) is 0 Å². The first-order valence-corrected chi connectivity index (χ1v) is 9.80. The van der Waals surface area contributed by atoms with Gasteiger partial charge in [-0.1, -0.05) is 20.3 Å². The summed E-state index contributed by atoms with van der Waals surface area (Å²) >= 11 is 0. The zero-order valence-electron chi connectivity index (χ0n) is 12.7. The molecule has 16 atom stereocenters. The Hall–Kier alpha value is 0. The summed E-state index contributed by atoms with van der Waals surface area (Å²) in [5.74, 6) is 20.0.